The molecule has 0 aliphatic rings. The predicted octanol–water partition coefficient (Wildman–Crippen LogP) is 5.43. The molecule has 2 N–H and O–H groups in total. The third-order valence-corrected chi connectivity index (χ3v) is 6.16. The molecule has 3 rings (SSSR count). The minimum Gasteiger partial charge on any atom is -0.489 e. The van der Waals surface area contributed by atoms with Gasteiger partial charge >= 0.3 is 11.9 Å². The van der Waals surface area contributed by atoms with Crippen molar-refractivity contribution in [3.8, 4) is 11.5 Å². The first-order chi connectivity index (χ1) is 17.8. The van der Waals surface area contributed by atoms with Gasteiger partial charge in [0.1, 0.15) is 29.9 Å². The molecule has 0 bridgehead atoms. The fourth-order valence-electron chi connectivity index (χ4n) is 3.54. The van der Waals surface area contributed by atoms with Crippen LogP contribution in [0.25, 0.3) is 0 Å². The van der Waals surface area contributed by atoms with Gasteiger partial charge < -0.3 is 24.6 Å². The van der Waals surface area contributed by atoms with Gasteiger partial charge in [-0.05, 0) is 65.9 Å². The fourth-order valence-corrected chi connectivity index (χ4v) is 4.19. The van der Waals surface area contributed by atoms with E-state index in [1.165, 1.54) is 6.07 Å². The average Bonchev–Trinajstić information content (AvgIpc) is 3.39. The summed E-state index contributed by atoms with van der Waals surface area (Å²) in [6, 6.07) is 14.2. The second kappa shape index (κ2) is 13.3. The van der Waals surface area contributed by atoms with Crippen molar-refractivity contribution in [1.29, 1.82) is 0 Å². The molecule has 194 valence electrons. The molecule has 0 saturated heterocycles. The summed E-state index contributed by atoms with van der Waals surface area (Å²) in [5.74, 6) is -1.76. The summed E-state index contributed by atoms with van der Waals surface area (Å²) in [5, 5.41) is 15.3. The number of aryl methyl sites for hydroxylation is 1. The van der Waals surface area contributed by atoms with Crippen LogP contribution in [0.1, 0.15) is 52.9 Å². The molecular weight excluding hydrogens is 494 g/mol. The second-order valence-corrected chi connectivity index (χ2v) is 8.90. The highest BCUT2D eigenvalue weighted by Gasteiger charge is 2.23. The van der Waals surface area contributed by atoms with Crippen molar-refractivity contribution < 1.29 is 33.7 Å². The molecule has 9 heteroatoms. The molecule has 1 aromatic heterocycles. The lowest BCUT2D eigenvalue weighted by atomic mass is 9.99. The van der Waals surface area contributed by atoms with Crippen LogP contribution in [0.5, 0.6) is 11.5 Å². The Bertz CT molecular complexity index is 1250. The first-order valence-electron chi connectivity index (χ1n) is 11.7. The summed E-state index contributed by atoms with van der Waals surface area (Å²) in [6.45, 7) is 7.64. The number of carboxylic acid groups (broad SMARTS) is 1. The highest BCUT2D eigenvalue weighted by atomic mass is 32.1. The van der Waals surface area contributed by atoms with Gasteiger partial charge in [0.05, 0.1) is 12.2 Å². The van der Waals surface area contributed by atoms with Gasteiger partial charge in [-0.2, -0.15) is 11.3 Å². The van der Waals surface area contributed by atoms with E-state index in [2.05, 4.69) is 11.9 Å². The molecule has 8 nitrogen and oxygen atoms in total. The Hall–Kier alpha value is -4.11. The number of benzene rings is 2. The molecule has 0 spiro atoms. The molecular formula is C28H29NO7S. The molecule has 0 radical (unpaired) electrons. The van der Waals surface area contributed by atoms with Crippen LogP contribution in [-0.4, -0.2) is 29.6 Å². The lowest BCUT2D eigenvalue weighted by Gasteiger charge is -2.23. The number of nitrogens with one attached hydrogen (secondary N) is 1. The van der Waals surface area contributed by atoms with Crippen LogP contribution < -0.4 is 14.8 Å². The Labute approximate surface area is 219 Å². The van der Waals surface area contributed by atoms with Gasteiger partial charge in [-0.3, -0.25) is 9.59 Å². The van der Waals surface area contributed by atoms with Crippen molar-refractivity contribution in [2.45, 2.75) is 39.4 Å². The third kappa shape index (κ3) is 7.94. The zero-order valence-electron chi connectivity index (χ0n) is 20.7. The van der Waals surface area contributed by atoms with Gasteiger partial charge in [0.15, 0.2) is 0 Å². The van der Waals surface area contributed by atoms with Crippen molar-refractivity contribution >= 4 is 29.2 Å². The Kier molecular flexibility index (Phi) is 9.85. The van der Waals surface area contributed by atoms with Crippen LogP contribution in [0.4, 0.5) is 0 Å². The van der Waals surface area contributed by atoms with Gasteiger partial charge in [0.25, 0.3) is 5.91 Å². The van der Waals surface area contributed by atoms with E-state index >= 15 is 0 Å². The van der Waals surface area contributed by atoms with Gasteiger partial charge in [0.2, 0.25) is 0 Å². The zero-order chi connectivity index (χ0) is 26.8. The molecule has 0 saturated carbocycles. The first kappa shape index (κ1) is 27.5. The van der Waals surface area contributed by atoms with Crippen LogP contribution in [0, 0.1) is 6.92 Å². The number of carboxylic acids is 1. The average molecular weight is 524 g/mol. The number of carbonyl (C=O) groups excluding carboxylic acids is 2. The number of ether oxygens (including phenoxy) is 3. The predicted molar refractivity (Wildman–Crippen MR) is 140 cm³/mol. The maximum atomic E-state index is 12.9. The van der Waals surface area contributed by atoms with Crippen molar-refractivity contribution in [3.63, 3.8) is 0 Å². The number of hydrogen-bond acceptors (Lipinski definition) is 7. The standard InChI is InChI=1S/C28H29NO7S/c1-4-34-26(30)12-11-24(22-8-6-5-7-18(22)2)36-25-15-21(35-16-20-13-14-37-17-20)9-10-23(25)27(31)29-19(3)28(32)33/h5-10,13-15,17,24H,3-4,11-12,16H2,1-2H3,(H,29,31)(H,32,33). The molecule has 1 amide bonds. The van der Waals surface area contributed by atoms with E-state index in [1.54, 1.807) is 30.4 Å². The highest BCUT2D eigenvalue weighted by molar-refractivity contribution is 7.07. The number of thiophene rings is 1. The summed E-state index contributed by atoms with van der Waals surface area (Å²) in [4.78, 5) is 36.2. The first-order valence-corrected chi connectivity index (χ1v) is 12.6. The van der Waals surface area contributed by atoms with E-state index < -0.39 is 23.7 Å². The zero-order valence-corrected chi connectivity index (χ0v) is 21.5. The molecule has 0 fully saturated rings. The maximum absolute atomic E-state index is 12.9. The van der Waals surface area contributed by atoms with E-state index in [9.17, 15) is 14.4 Å². The summed E-state index contributed by atoms with van der Waals surface area (Å²) in [5.41, 5.74) is 2.43. The minimum absolute atomic E-state index is 0.0972. The fraction of sp³-hybridized carbons (Fsp3) is 0.250. The Morgan fingerprint density at radius 2 is 1.92 bits per heavy atom. The molecule has 0 aliphatic heterocycles. The molecule has 2 aromatic carbocycles. The lowest BCUT2D eigenvalue weighted by Crippen LogP contribution is -2.27. The van der Waals surface area contributed by atoms with Gasteiger partial charge in [-0.25, -0.2) is 4.79 Å². The second-order valence-electron chi connectivity index (χ2n) is 8.12. The van der Waals surface area contributed by atoms with Crippen LogP contribution in [0.3, 0.4) is 0 Å². The lowest BCUT2D eigenvalue weighted by molar-refractivity contribution is -0.143. The van der Waals surface area contributed by atoms with Gasteiger partial charge in [-0.15, -0.1) is 0 Å². The van der Waals surface area contributed by atoms with Crippen LogP contribution in [-0.2, 0) is 20.9 Å². The van der Waals surface area contributed by atoms with Crippen molar-refractivity contribution in [3.05, 3.63) is 93.8 Å². The molecule has 3 aromatic rings. The smallest absolute Gasteiger partial charge is 0.351 e. The SMILES string of the molecule is C=C(NC(=O)c1ccc(OCc2ccsc2)cc1OC(CCC(=O)OCC)c1ccccc1C)C(=O)O. The number of hydrogen-bond donors (Lipinski definition) is 2. The maximum Gasteiger partial charge on any atom is 0.351 e. The van der Waals surface area contributed by atoms with E-state index in [1.807, 2.05) is 48.0 Å². The van der Waals surface area contributed by atoms with Crippen LogP contribution in [0.15, 0.2) is 71.6 Å². The largest absolute Gasteiger partial charge is 0.489 e. The number of aliphatic carboxylic acids is 1. The monoisotopic (exact) mass is 523 g/mol. The summed E-state index contributed by atoms with van der Waals surface area (Å²) < 4.78 is 17.3. The minimum atomic E-state index is -1.35. The normalized spacial score (nSPS) is 11.3. The van der Waals surface area contributed by atoms with Crippen LogP contribution in [0.2, 0.25) is 0 Å². The number of carbonyl (C=O) groups is 3. The molecule has 37 heavy (non-hydrogen) atoms. The Morgan fingerprint density at radius 1 is 1.14 bits per heavy atom. The molecule has 1 atom stereocenters. The van der Waals surface area contributed by atoms with E-state index in [4.69, 9.17) is 19.3 Å². The summed E-state index contributed by atoms with van der Waals surface area (Å²) in [6.07, 6.45) is -0.183. The van der Waals surface area contributed by atoms with Crippen molar-refractivity contribution in [1.82, 2.24) is 5.32 Å². The Morgan fingerprint density at radius 3 is 2.59 bits per heavy atom. The summed E-state index contributed by atoms with van der Waals surface area (Å²) >= 11 is 1.56. The highest BCUT2D eigenvalue weighted by Crippen LogP contribution is 2.33. The summed E-state index contributed by atoms with van der Waals surface area (Å²) in [7, 11) is 0. The van der Waals surface area contributed by atoms with E-state index in [0.29, 0.717) is 18.8 Å². The number of amides is 1. The van der Waals surface area contributed by atoms with Crippen LogP contribution >= 0.6 is 11.3 Å². The van der Waals surface area contributed by atoms with Crippen molar-refractivity contribution in [2.75, 3.05) is 6.61 Å². The van der Waals surface area contributed by atoms with Crippen molar-refractivity contribution in [2.24, 2.45) is 0 Å². The molecule has 0 aliphatic carbocycles. The number of esters is 1. The van der Waals surface area contributed by atoms with Gasteiger partial charge in [0, 0.05) is 12.5 Å². The quantitative estimate of drug-likeness (QED) is 0.227. The van der Waals surface area contributed by atoms with E-state index in [0.717, 1.165) is 16.7 Å². The number of rotatable bonds is 13. The van der Waals surface area contributed by atoms with E-state index in [-0.39, 0.29) is 30.3 Å². The van der Waals surface area contributed by atoms with Gasteiger partial charge in [-0.1, -0.05) is 30.8 Å². The third-order valence-electron chi connectivity index (χ3n) is 5.43. The topological polar surface area (TPSA) is 111 Å². The molecule has 1 unspecified atom stereocenters. The Balaban J connectivity index is 1.94. The molecule has 1 heterocycles.